The lowest BCUT2D eigenvalue weighted by Crippen LogP contribution is -2.14. The number of hydrogen-bond acceptors (Lipinski definition) is 3. The van der Waals surface area contributed by atoms with Crippen molar-refractivity contribution in [3.05, 3.63) is 64.7 Å². The average molecular weight is 356 g/mol. The Bertz CT molecular complexity index is 718. The molecule has 1 amide bonds. The zero-order valence-electron chi connectivity index (χ0n) is 14.8. The summed E-state index contributed by atoms with van der Waals surface area (Å²) in [6, 6.07) is 12.9. The summed E-state index contributed by atoms with van der Waals surface area (Å²) in [7, 11) is 0. The molecule has 0 atom stereocenters. The van der Waals surface area contributed by atoms with Crippen LogP contribution in [0.1, 0.15) is 52.7 Å². The Balaban J connectivity index is 2.09. The zero-order chi connectivity index (χ0) is 18.2. The SMILES string of the molecule is Cc1cc(C(=O)c2ccccc2)cc(C)c1NC(=O)CCCCCS. The molecule has 3 nitrogen and oxygen atoms in total. The number of nitrogens with one attached hydrogen (secondary N) is 1. The number of unbranched alkanes of at least 4 members (excludes halogenated alkanes) is 2. The molecule has 1 N–H and O–H groups in total. The summed E-state index contributed by atoms with van der Waals surface area (Å²) >= 11 is 4.18. The number of carbonyl (C=O) groups excluding carboxylic acids is 2. The summed E-state index contributed by atoms with van der Waals surface area (Å²) in [6.45, 7) is 3.84. The van der Waals surface area contributed by atoms with Crippen LogP contribution in [0.25, 0.3) is 0 Å². The minimum absolute atomic E-state index is 0.00330. The van der Waals surface area contributed by atoms with Gasteiger partial charge in [0.2, 0.25) is 5.91 Å². The molecule has 4 heteroatoms. The number of ketones is 1. The number of aryl methyl sites for hydroxylation is 2. The third-order valence-corrected chi connectivity index (χ3v) is 4.47. The van der Waals surface area contributed by atoms with E-state index in [1.54, 1.807) is 0 Å². The number of amides is 1. The molecule has 0 spiro atoms. The lowest BCUT2D eigenvalue weighted by atomic mass is 9.97. The minimum Gasteiger partial charge on any atom is -0.326 e. The first-order valence-electron chi connectivity index (χ1n) is 8.64. The molecule has 0 bridgehead atoms. The van der Waals surface area contributed by atoms with Crippen LogP contribution in [0.2, 0.25) is 0 Å². The number of carbonyl (C=O) groups is 2. The van der Waals surface area contributed by atoms with E-state index in [1.807, 2.05) is 56.3 Å². The third kappa shape index (κ3) is 5.46. The average Bonchev–Trinajstić information content (AvgIpc) is 2.62. The van der Waals surface area contributed by atoms with E-state index in [-0.39, 0.29) is 11.7 Å². The van der Waals surface area contributed by atoms with Crippen molar-refractivity contribution >= 4 is 30.0 Å². The highest BCUT2D eigenvalue weighted by Crippen LogP contribution is 2.24. The summed E-state index contributed by atoms with van der Waals surface area (Å²) in [5.41, 5.74) is 3.94. The molecule has 0 saturated carbocycles. The van der Waals surface area contributed by atoms with Crippen LogP contribution in [-0.2, 0) is 4.79 Å². The molecule has 0 heterocycles. The van der Waals surface area contributed by atoms with Crippen molar-refractivity contribution < 1.29 is 9.59 Å². The number of anilines is 1. The van der Waals surface area contributed by atoms with Gasteiger partial charge in [-0.1, -0.05) is 36.8 Å². The molecule has 2 aromatic rings. The topological polar surface area (TPSA) is 46.2 Å². The van der Waals surface area contributed by atoms with Gasteiger partial charge >= 0.3 is 0 Å². The van der Waals surface area contributed by atoms with Gasteiger partial charge < -0.3 is 5.32 Å². The second-order valence-corrected chi connectivity index (χ2v) is 6.71. The van der Waals surface area contributed by atoms with E-state index in [9.17, 15) is 9.59 Å². The molecule has 2 rings (SSSR count). The highest BCUT2D eigenvalue weighted by Gasteiger charge is 2.14. The van der Waals surface area contributed by atoms with Crippen molar-refractivity contribution in [3.8, 4) is 0 Å². The quantitative estimate of drug-likeness (QED) is 0.399. The van der Waals surface area contributed by atoms with Crippen LogP contribution in [0.15, 0.2) is 42.5 Å². The molecule has 0 aromatic heterocycles. The van der Waals surface area contributed by atoms with Crippen LogP contribution in [0.5, 0.6) is 0 Å². The molecule has 132 valence electrons. The van der Waals surface area contributed by atoms with E-state index in [0.29, 0.717) is 17.5 Å². The maximum Gasteiger partial charge on any atom is 0.224 e. The van der Waals surface area contributed by atoms with Gasteiger partial charge in [-0.05, 0) is 55.7 Å². The Morgan fingerprint density at radius 3 is 2.16 bits per heavy atom. The van der Waals surface area contributed by atoms with E-state index in [4.69, 9.17) is 0 Å². The van der Waals surface area contributed by atoms with Crippen LogP contribution in [-0.4, -0.2) is 17.4 Å². The van der Waals surface area contributed by atoms with Crippen LogP contribution in [0.4, 0.5) is 5.69 Å². The summed E-state index contributed by atoms with van der Waals surface area (Å²) in [5, 5.41) is 2.99. The molecule has 0 saturated heterocycles. The minimum atomic E-state index is -0.00330. The lowest BCUT2D eigenvalue weighted by Gasteiger charge is -2.14. The maximum atomic E-state index is 12.6. The summed E-state index contributed by atoms with van der Waals surface area (Å²) in [6.07, 6.45) is 3.43. The van der Waals surface area contributed by atoms with Crippen LogP contribution < -0.4 is 5.32 Å². The Labute approximate surface area is 155 Å². The first kappa shape index (κ1) is 19.3. The van der Waals surface area contributed by atoms with Crippen molar-refractivity contribution in [2.75, 3.05) is 11.1 Å². The van der Waals surface area contributed by atoms with Gasteiger partial charge in [-0.3, -0.25) is 9.59 Å². The van der Waals surface area contributed by atoms with Crippen molar-refractivity contribution in [3.63, 3.8) is 0 Å². The first-order chi connectivity index (χ1) is 12.0. The Kier molecular flexibility index (Phi) is 7.26. The largest absolute Gasteiger partial charge is 0.326 e. The predicted molar refractivity (Wildman–Crippen MR) is 107 cm³/mol. The van der Waals surface area contributed by atoms with E-state index in [0.717, 1.165) is 41.8 Å². The van der Waals surface area contributed by atoms with Crippen molar-refractivity contribution in [2.45, 2.75) is 39.5 Å². The summed E-state index contributed by atoms with van der Waals surface area (Å²) in [4.78, 5) is 24.7. The fraction of sp³-hybridized carbons (Fsp3) is 0.333. The zero-order valence-corrected chi connectivity index (χ0v) is 15.7. The Morgan fingerprint density at radius 2 is 1.56 bits per heavy atom. The highest BCUT2D eigenvalue weighted by molar-refractivity contribution is 7.80. The third-order valence-electron chi connectivity index (χ3n) is 4.16. The molecular weight excluding hydrogens is 330 g/mol. The second-order valence-electron chi connectivity index (χ2n) is 6.26. The van der Waals surface area contributed by atoms with E-state index >= 15 is 0 Å². The van der Waals surface area contributed by atoms with Gasteiger partial charge in [0.1, 0.15) is 0 Å². The number of thiol groups is 1. The Hall–Kier alpha value is -2.07. The molecule has 0 fully saturated rings. The second kappa shape index (κ2) is 9.42. The summed E-state index contributed by atoms with van der Waals surface area (Å²) in [5.74, 6) is 0.875. The van der Waals surface area contributed by atoms with Crippen molar-refractivity contribution in [2.24, 2.45) is 0 Å². The molecular formula is C21H25NO2S. The number of rotatable bonds is 8. The molecule has 0 aliphatic carbocycles. The Morgan fingerprint density at radius 1 is 0.920 bits per heavy atom. The van der Waals surface area contributed by atoms with Gasteiger partial charge in [-0.15, -0.1) is 0 Å². The number of hydrogen-bond donors (Lipinski definition) is 2. The van der Waals surface area contributed by atoms with E-state index < -0.39 is 0 Å². The predicted octanol–water partition coefficient (Wildman–Crippen LogP) is 4.96. The van der Waals surface area contributed by atoms with Gasteiger partial charge in [-0.2, -0.15) is 12.6 Å². The standard InChI is InChI=1S/C21H25NO2S/c1-15-13-18(21(24)17-9-5-3-6-10-17)14-16(2)20(15)22-19(23)11-7-4-8-12-25/h3,5-6,9-10,13-14,25H,4,7-8,11-12H2,1-2H3,(H,22,23). The fourth-order valence-electron chi connectivity index (χ4n) is 2.82. The molecule has 25 heavy (non-hydrogen) atoms. The van der Waals surface area contributed by atoms with Gasteiger partial charge in [0.15, 0.2) is 5.78 Å². The van der Waals surface area contributed by atoms with Crippen LogP contribution in [0, 0.1) is 13.8 Å². The van der Waals surface area contributed by atoms with Gasteiger partial charge in [0, 0.05) is 23.2 Å². The highest BCUT2D eigenvalue weighted by atomic mass is 32.1. The summed E-state index contributed by atoms with van der Waals surface area (Å²) < 4.78 is 0. The monoisotopic (exact) mass is 355 g/mol. The molecule has 0 unspecified atom stereocenters. The molecule has 0 aliphatic heterocycles. The van der Waals surface area contributed by atoms with Crippen molar-refractivity contribution in [1.82, 2.24) is 0 Å². The molecule has 0 aliphatic rings. The molecule has 2 aromatic carbocycles. The van der Waals surface area contributed by atoms with E-state index in [2.05, 4.69) is 17.9 Å². The lowest BCUT2D eigenvalue weighted by molar-refractivity contribution is -0.116. The fourth-order valence-corrected chi connectivity index (χ4v) is 3.05. The van der Waals surface area contributed by atoms with Crippen molar-refractivity contribution in [1.29, 1.82) is 0 Å². The smallest absolute Gasteiger partial charge is 0.224 e. The number of benzene rings is 2. The molecule has 0 radical (unpaired) electrons. The maximum absolute atomic E-state index is 12.6. The first-order valence-corrected chi connectivity index (χ1v) is 9.28. The van der Waals surface area contributed by atoms with Crippen LogP contribution in [0.3, 0.4) is 0 Å². The van der Waals surface area contributed by atoms with Gasteiger partial charge in [-0.25, -0.2) is 0 Å². The van der Waals surface area contributed by atoms with E-state index in [1.165, 1.54) is 0 Å². The van der Waals surface area contributed by atoms with Gasteiger partial charge in [0.25, 0.3) is 0 Å². The normalized spacial score (nSPS) is 10.5. The van der Waals surface area contributed by atoms with Gasteiger partial charge in [0.05, 0.1) is 0 Å². The van der Waals surface area contributed by atoms with Crippen LogP contribution >= 0.6 is 12.6 Å².